The Labute approximate surface area is 211 Å². The highest BCUT2D eigenvalue weighted by atomic mass is 35.5. The number of hydrogen-bond acceptors (Lipinski definition) is 4. The first-order valence-corrected chi connectivity index (χ1v) is 10.9. The van der Waals surface area contributed by atoms with E-state index in [4.69, 9.17) is 16.3 Å². The minimum Gasteiger partial charge on any atom is -0.507 e. The van der Waals surface area contributed by atoms with Crippen molar-refractivity contribution in [1.82, 2.24) is 9.78 Å². The van der Waals surface area contributed by atoms with Crippen molar-refractivity contribution in [2.75, 3.05) is 0 Å². The Bertz CT molecular complexity index is 1420. The molecule has 3 aromatic carbocycles. The number of hydrogen-bond donors (Lipinski definition) is 1. The van der Waals surface area contributed by atoms with E-state index in [1.54, 1.807) is 24.3 Å². The third-order valence-electron chi connectivity index (χ3n) is 5.24. The highest BCUT2D eigenvalue weighted by Crippen LogP contribution is 2.47. The molecule has 0 unspecified atom stereocenters. The number of aromatic nitrogens is 2. The molecule has 37 heavy (non-hydrogen) atoms. The van der Waals surface area contributed by atoms with Crippen molar-refractivity contribution in [2.24, 2.45) is 7.05 Å². The number of rotatable bonds is 6. The zero-order valence-corrected chi connectivity index (χ0v) is 19.6. The van der Waals surface area contributed by atoms with E-state index in [0.29, 0.717) is 5.02 Å². The minimum atomic E-state index is -5.15. The van der Waals surface area contributed by atoms with Crippen LogP contribution in [0.3, 0.4) is 0 Å². The maximum atomic E-state index is 13.9. The van der Waals surface area contributed by atoms with Gasteiger partial charge < -0.3 is 14.6 Å². The van der Waals surface area contributed by atoms with Crippen LogP contribution in [0.4, 0.5) is 26.3 Å². The summed E-state index contributed by atoms with van der Waals surface area (Å²) < 4.78 is 91.3. The lowest BCUT2D eigenvalue weighted by Gasteiger charge is -2.16. The van der Waals surface area contributed by atoms with Crippen LogP contribution in [0, 0.1) is 0 Å². The Morgan fingerprint density at radius 1 is 0.919 bits per heavy atom. The number of aromatic hydroxyl groups is 1. The normalized spacial score (nSPS) is 12.0. The second kappa shape index (κ2) is 9.89. The number of phenols is 1. The van der Waals surface area contributed by atoms with Gasteiger partial charge in [0, 0.05) is 34.8 Å². The van der Waals surface area contributed by atoms with Gasteiger partial charge in [-0.2, -0.15) is 18.3 Å². The predicted octanol–water partition coefficient (Wildman–Crippen LogP) is 7.61. The van der Waals surface area contributed by atoms with Crippen LogP contribution in [0.1, 0.15) is 11.3 Å². The molecule has 0 spiro atoms. The van der Waals surface area contributed by atoms with Gasteiger partial charge in [-0.15, -0.1) is 13.2 Å². The first-order chi connectivity index (χ1) is 17.3. The molecule has 0 aliphatic carbocycles. The second-order valence-corrected chi connectivity index (χ2v) is 8.27. The summed E-state index contributed by atoms with van der Waals surface area (Å²) in [5.74, 6) is -1.12. The number of aryl methyl sites for hydroxylation is 1. The van der Waals surface area contributed by atoms with E-state index in [-0.39, 0.29) is 23.6 Å². The van der Waals surface area contributed by atoms with Crippen molar-refractivity contribution in [3.63, 3.8) is 0 Å². The standard InChI is InChI=1S/C25H17ClF6N2O3/c1-34-22(17-11-10-16(12-19(17)35)36-13-14-6-8-15(26)9-7-14)21(23(33-34)24(27,28)29)18-4-2-3-5-20(18)37-25(30,31)32/h2-12,35H,13H2,1H3. The molecule has 194 valence electrons. The molecule has 1 aromatic heterocycles. The van der Waals surface area contributed by atoms with Crippen molar-refractivity contribution >= 4 is 11.6 Å². The molecule has 0 aliphatic rings. The first-order valence-electron chi connectivity index (χ1n) is 10.5. The molecule has 0 saturated heterocycles. The van der Waals surface area contributed by atoms with E-state index in [9.17, 15) is 31.4 Å². The zero-order valence-electron chi connectivity index (χ0n) is 18.9. The minimum absolute atomic E-state index is 0.110. The fourth-order valence-corrected chi connectivity index (χ4v) is 3.85. The molecule has 5 nitrogen and oxygen atoms in total. The zero-order chi connectivity index (χ0) is 27.0. The number of phenolic OH excluding ortho intramolecular Hbond substituents is 1. The Kier molecular flexibility index (Phi) is 7.00. The number of para-hydroxylation sites is 1. The molecule has 0 fully saturated rings. The third kappa shape index (κ3) is 5.93. The van der Waals surface area contributed by atoms with Crippen molar-refractivity contribution in [3.8, 4) is 39.6 Å². The van der Waals surface area contributed by atoms with Gasteiger partial charge in [0.1, 0.15) is 23.9 Å². The third-order valence-corrected chi connectivity index (χ3v) is 5.49. The van der Waals surface area contributed by atoms with Gasteiger partial charge in [-0.1, -0.05) is 41.9 Å². The van der Waals surface area contributed by atoms with Crippen LogP contribution < -0.4 is 9.47 Å². The Balaban J connectivity index is 1.79. The summed E-state index contributed by atoms with van der Waals surface area (Å²) in [5, 5.41) is 14.8. The fraction of sp³-hybridized carbons (Fsp3) is 0.160. The van der Waals surface area contributed by atoms with Gasteiger partial charge in [0.05, 0.1) is 5.69 Å². The lowest BCUT2D eigenvalue weighted by molar-refractivity contribution is -0.274. The molecular weight excluding hydrogens is 526 g/mol. The summed E-state index contributed by atoms with van der Waals surface area (Å²) in [7, 11) is 1.19. The van der Waals surface area contributed by atoms with E-state index in [1.165, 1.54) is 37.4 Å². The summed E-state index contributed by atoms with van der Waals surface area (Å²) in [6.07, 6.45) is -10.2. The van der Waals surface area contributed by atoms with Crippen LogP contribution >= 0.6 is 11.6 Å². The molecule has 0 atom stereocenters. The van der Waals surface area contributed by atoms with Crippen LogP contribution in [-0.2, 0) is 19.8 Å². The summed E-state index contributed by atoms with van der Waals surface area (Å²) in [5.41, 5.74) is -2.23. The van der Waals surface area contributed by atoms with E-state index < -0.39 is 40.9 Å². The van der Waals surface area contributed by atoms with E-state index in [1.807, 2.05) is 0 Å². The lowest BCUT2D eigenvalue weighted by atomic mass is 9.97. The SMILES string of the molecule is Cn1nc(C(F)(F)F)c(-c2ccccc2OC(F)(F)F)c1-c1ccc(OCc2ccc(Cl)cc2)cc1O. The smallest absolute Gasteiger partial charge is 0.507 e. The van der Waals surface area contributed by atoms with E-state index >= 15 is 0 Å². The van der Waals surface area contributed by atoms with Crippen LogP contribution in [-0.4, -0.2) is 21.2 Å². The summed E-state index contributed by atoms with van der Waals surface area (Å²) >= 11 is 5.85. The van der Waals surface area contributed by atoms with Gasteiger partial charge in [0.25, 0.3) is 0 Å². The molecule has 0 radical (unpaired) electrons. The molecule has 4 aromatic rings. The molecule has 1 N–H and O–H groups in total. The highest BCUT2D eigenvalue weighted by molar-refractivity contribution is 6.30. The Morgan fingerprint density at radius 2 is 1.59 bits per heavy atom. The topological polar surface area (TPSA) is 56.5 Å². The number of alkyl halides is 6. The van der Waals surface area contributed by atoms with Crippen LogP contribution in [0.15, 0.2) is 66.7 Å². The van der Waals surface area contributed by atoms with Crippen molar-refractivity contribution < 1.29 is 40.9 Å². The lowest BCUT2D eigenvalue weighted by Crippen LogP contribution is -2.18. The van der Waals surface area contributed by atoms with Crippen LogP contribution in [0.5, 0.6) is 17.2 Å². The fourth-order valence-electron chi connectivity index (χ4n) is 3.72. The number of nitrogens with zero attached hydrogens (tertiary/aromatic N) is 2. The van der Waals surface area contributed by atoms with Gasteiger partial charge in [0.15, 0.2) is 5.69 Å². The van der Waals surface area contributed by atoms with Gasteiger partial charge in [-0.05, 0) is 35.9 Å². The van der Waals surface area contributed by atoms with Gasteiger partial charge in [0.2, 0.25) is 0 Å². The molecule has 0 bridgehead atoms. The van der Waals surface area contributed by atoms with Crippen LogP contribution in [0.25, 0.3) is 22.4 Å². The number of benzene rings is 3. The molecule has 12 heteroatoms. The summed E-state index contributed by atoms with van der Waals surface area (Å²) in [6, 6.07) is 15.1. The van der Waals surface area contributed by atoms with Crippen LogP contribution in [0.2, 0.25) is 5.02 Å². The average Bonchev–Trinajstić information content (AvgIpc) is 3.15. The molecule has 0 saturated carbocycles. The molecule has 1 heterocycles. The van der Waals surface area contributed by atoms with Crippen molar-refractivity contribution in [1.29, 1.82) is 0 Å². The molecule has 0 aliphatic heterocycles. The highest BCUT2D eigenvalue weighted by Gasteiger charge is 2.41. The molecular formula is C25H17ClF6N2O3. The average molecular weight is 543 g/mol. The van der Waals surface area contributed by atoms with E-state index in [2.05, 4.69) is 9.84 Å². The number of halogens is 7. The first kappa shape index (κ1) is 26.2. The molecule has 0 amide bonds. The van der Waals surface area contributed by atoms with E-state index in [0.717, 1.165) is 22.4 Å². The van der Waals surface area contributed by atoms with Gasteiger partial charge >= 0.3 is 12.5 Å². The van der Waals surface area contributed by atoms with Crippen molar-refractivity contribution in [2.45, 2.75) is 19.1 Å². The quantitative estimate of drug-likeness (QED) is 0.255. The maximum Gasteiger partial charge on any atom is 0.573 e. The number of ether oxygens (including phenoxy) is 2. The summed E-state index contributed by atoms with van der Waals surface area (Å²) in [6.45, 7) is 0.118. The molecule has 4 rings (SSSR count). The Morgan fingerprint density at radius 3 is 2.22 bits per heavy atom. The maximum absolute atomic E-state index is 13.9. The van der Waals surface area contributed by atoms with Gasteiger partial charge in [-0.3, -0.25) is 4.68 Å². The second-order valence-electron chi connectivity index (χ2n) is 7.83. The van der Waals surface area contributed by atoms with Crippen molar-refractivity contribution in [3.05, 3.63) is 83.0 Å². The largest absolute Gasteiger partial charge is 0.573 e. The van der Waals surface area contributed by atoms with Gasteiger partial charge in [-0.25, -0.2) is 0 Å². The predicted molar refractivity (Wildman–Crippen MR) is 123 cm³/mol. The summed E-state index contributed by atoms with van der Waals surface area (Å²) in [4.78, 5) is 0. The monoisotopic (exact) mass is 542 g/mol. The Hall–Kier alpha value is -3.86.